The normalized spacial score (nSPS) is 19.4. The van der Waals surface area contributed by atoms with E-state index in [4.69, 9.17) is 5.11 Å². The van der Waals surface area contributed by atoms with E-state index in [9.17, 15) is 4.79 Å². The highest BCUT2D eigenvalue weighted by atomic mass is 16.4. The Bertz CT molecular complexity index is 482. The quantitative estimate of drug-likeness (QED) is 0.917. The smallest absolute Gasteiger partial charge is 0.337 e. The molecule has 5 heteroatoms. The maximum absolute atomic E-state index is 10.8. The van der Waals surface area contributed by atoms with Crippen LogP contribution in [0.2, 0.25) is 0 Å². The zero-order valence-corrected chi connectivity index (χ0v) is 12.6. The highest BCUT2D eigenvalue weighted by molar-refractivity contribution is 5.87. The van der Waals surface area contributed by atoms with Gasteiger partial charge in [0.15, 0.2) is 0 Å². The lowest BCUT2D eigenvalue weighted by atomic mass is 9.97. The van der Waals surface area contributed by atoms with E-state index in [1.165, 1.54) is 6.20 Å². The van der Waals surface area contributed by atoms with E-state index in [2.05, 4.69) is 42.5 Å². The molecule has 1 aromatic rings. The zero-order valence-electron chi connectivity index (χ0n) is 12.6. The molecule has 0 aliphatic carbocycles. The molecule has 1 aliphatic rings. The second kappa shape index (κ2) is 5.40. The van der Waals surface area contributed by atoms with Gasteiger partial charge in [0.05, 0.1) is 5.56 Å². The van der Waals surface area contributed by atoms with Crippen molar-refractivity contribution in [2.45, 2.75) is 39.3 Å². The summed E-state index contributed by atoms with van der Waals surface area (Å²) >= 11 is 0. The Balaban J connectivity index is 2.13. The third-order valence-corrected chi connectivity index (χ3v) is 3.91. The van der Waals surface area contributed by atoms with Crippen molar-refractivity contribution in [2.75, 3.05) is 24.5 Å². The van der Waals surface area contributed by atoms with Crippen molar-refractivity contribution in [3.8, 4) is 0 Å². The number of pyridine rings is 1. The lowest BCUT2D eigenvalue weighted by Crippen LogP contribution is -2.61. The summed E-state index contributed by atoms with van der Waals surface area (Å²) in [6, 6.07) is 3.94. The Hall–Kier alpha value is -1.62. The molecule has 1 fully saturated rings. The second-order valence-corrected chi connectivity index (χ2v) is 6.23. The molecule has 0 radical (unpaired) electrons. The average molecular weight is 277 g/mol. The highest BCUT2D eigenvalue weighted by Gasteiger charge is 2.35. The lowest BCUT2D eigenvalue weighted by Gasteiger charge is -2.49. The van der Waals surface area contributed by atoms with E-state index in [-0.39, 0.29) is 11.1 Å². The maximum Gasteiger partial charge on any atom is 0.337 e. The molecule has 0 bridgehead atoms. The predicted octanol–water partition coefficient (Wildman–Crippen LogP) is 2.09. The van der Waals surface area contributed by atoms with Gasteiger partial charge in [0.2, 0.25) is 0 Å². The number of carboxylic acids is 1. The number of piperazine rings is 1. The number of rotatable bonds is 3. The molecule has 0 unspecified atom stereocenters. The molecule has 1 N–H and O–H groups in total. The monoisotopic (exact) mass is 277 g/mol. The molecular formula is C15H23N3O2. The molecule has 20 heavy (non-hydrogen) atoms. The predicted molar refractivity (Wildman–Crippen MR) is 79.3 cm³/mol. The number of aromatic nitrogens is 1. The van der Waals surface area contributed by atoms with Gasteiger partial charge in [-0.25, -0.2) is 9.78 Å². The van der Waals surface area contributed by atoms with Crippen LogP contribution in [0.5, 0.6) is 0 Å². The number of hydrogen-bond acceptors (Lipinski definition) is 4. The number of carboxylic acid groups (broad SMARTS) is 1. The molecule has 1 aromatic heterocycles. The van der Waals surface area contributed by atoms with Crippen LogP contribution in [-0.2, 0) is 0 Å². The van der Waals surface area contributed by atoms with Gasteiger partial charge >= 0.3 is 5.97 Å². The van der Waals surface area contributed by atoms with Gasteiger partial charge in [0.1, 0.15) is 5.82 Å². The molecule has 0 amide bonds. The fraction of sp³-hybridized carbons (Fsp3) is 0.600. The maximum atomic E-state index is 10.8. The van der Waals surface area contributed by atoms with Crippen LogP contribution < -0.4 is 4.90 Å². The summed E-state index contributed by atoms with van der Waals surface area (Å²) in [5.41, 5.74) is 0.313. The third-order valence-electron chi connectivity index (χ3n) is 3.91. The lowest BCUT2D eigenvalue weighted by molar-refractivity contribution is 0.0692. The van der Waals surface area contributed by atoms with E-state index in [1.54, 1.807) is 12.1 Å². The van der Waals surface area contributed by atoms with Crippen molar-refractivity contribution in [1.82, 2.24) is 9.88 Å². The van der Waals surface area contributed by atoms with Gasteiger partial charge in [-0.15, -0.1) is 0 Å². The summed E-state index contributed by atoms with van der Waals surface area (Å²) in [5.74, 6) is -0.0829. The fourth-order valence-electron chi connectivity index (χ4n) is 3.02. The second-order valence-electron chi connectivity index (χ2n) is 6.23. The Morgan fingerprint density at radius 2 is 2.05 bits per heavy atom. The van der Waals surface area contributed by atoms with Gasteiger partial charge in [-0.05, 0) is 39.8 Å². The Morgan fingerprint density at radius 3 is 2.50 bits per heavy atom. The van der Waals surface area contributed by atoms with Gasteiger partial charge in [-0.1, -0.05) is 0 Å². The van der Waals surface area contributed by atoms with Crippen LogP contribution in [-0.4, -0.2) is 52.2 Å². The van der Waals surface area contributed by atoms with Crippen LogP contribution in [0.4, 0.5) is 5.82 Å². The van der Waals surface area contributed by atoms with Crippen LogP contribution in [0.1, 0.15) is 38.1 Å². The minimum atomic E-state index is -0.936. The van der Waals surface area contributed by atoms with Crippen LogP contribution in [0, 0.1) is 0 Å². The van der Waals surface area contributed by atoms with Gasteiger partial charge in [-0.3, -0.25) is 4.90 Å². The van der Waals surface area contributed by atoms with Gasteiger partial charge in [0, 0.05) is 37.4 Å². The zero-order chi connectivity index (χ0) is 14.9. The summed E-state index contributed by atoms with van der Waals surface area (Å²) in [6.45, 7) is 11.7. The molecular weight excluding hydrogens is 254 g/mol. The molecule has 1 aliphatic heterocycles. The summed E-state index contributed by atoms with van der Waals surface area (Å²) in [5, 5.41) is 8.90. The average Bonchev–Trinajstić information content (AvgIpc) is 2.37. The first-order valence-electron chi connectivity index (χ1n) is 7.02. The molecule has 1 saturated heterocycles. The summed E-state index contributed by atoms with van der Waals surface area (Å²) in [7, 11) is 0. The van der Waals surface area contributed by atoms with Crippen molar-refractivity contribution < 1.29 is 9.90 Å². The molecule has 0 aromatic carbocycles. The molecule has 0 saturated carbocycles. The highest BCUT2D eigenvalue weighted by Crippen LogP contribution is 2.26. The fourth-order valence-corrected chi connectivity index (χ4v) is 3.02. The largest absolute Gasteiger partial charge is 0.478 e. The first kappa shape index (κ1) is 14.8. The van der Waals surface area contributed by atoms with E-state index in [1.807, 2.05) is 0 Å². The first-order chi connectivity index (χ1) is 9.31. The Kier molecular flexibility index (Phi) is 3.99. The van der Waals surface area contributed by atoms with Crippen molar-refractivity contribution in [3.05, 3.63) is 23.9 Å². The molecule has 2 rings (SSSR count). The summed E-state index contributed by atoms with van der Waals surface area (Å²) < 4.78 is 0. The number of aromatic carboxylic acids is 1. The standard InChI is InChI=1S/C15H23N3O2/c1-11(2)18-8-7-17(10-15(18,3)4)13-6-5-12(9-16-13)14(19)20/h5-6,9,11H,7-8,10H2,1-4H3,(H,19,20). The minimum Gasteiger partial charge on any atom is -0.478 e. The first-order valence-corrected chi connectivity index (χ1v) is 7.02. The summed E-state index contributed by atoms with van der Waals surface area (Å²) in [4.78, 5) is 19.9. The minimum absolute atomic E-state index is 0.0829. The topological polar surface area (TPSA) is 56.7 Å². The van der Waals surface area contributed by atoms with E-state index in [0.29, 0.717) is 6.04 Å². The number of nitrogens with zero attached hydrogens (tertiary/aromatic N) is 3. The van der Waals surface area contributed by atoms with E-state index < -0.39 is 5.97 Å². The van der Waals surface area contributed by atoms with Crippen molar-refractivity contribution in [3.63, 3.8) is 0 Å². The van der Waals surface area contributed by atoms with Crippen LogP contribution in [0.25, 0.3) is 0 Å². The van der Waals surface area contributed by atoms with Gasteiger partial charge in [-0.2, -0.15) is 0 Å². The van der Waals surface area contributed by atoms with Crippen LogP contribution in [0.15, 0.2) is 18.3 Å². The van der Waals surface area contributed by atoms with E-state index in [0.717, 1.165) is 25.5 Å². The SMILES string of the molecule is CC(C)N1CCN(c2ccc(C(=O)O)cn2)CC1(C)C. The molecule has 0 atom stereocenters. The summed E-state index contributed by atoms with van der Waals surface area (Å²) in [6.07, 6.45) is 1.43. The van der Waals surface area contributed by atoms with Crippen molar-refractivity contribution in [1.29, 1.82) is 0 Å². The third kappa shape index (κ3) is 2.93. The van der Waals surface area contributed by atoms with Gasteiger partial charge in [0.25, 0.3) is 0 Å². The number of hydrogen-bond donors (Lipinski definition) is 1. The van der Waals surface area contributed by atoms with Crippen LogP contribution in [0.3, 0.4) is 0 Å². The van der Waals surface area contributed by atoms with Gasteiger partial charge < -0.3 is 10.0 Å². The van der Waals surface area contributed by atoms with Crippen molar-refractivity contribution in [2.24, 2.45) is 0 Å². The molecule has 0 spiro atoms. The molecule has 5 nitrogen and oxygen atoms in total. The Morgan fingerprint density at radius 1 is 1.35 bits per heavy atom. The van der Waals surface area contributed by atoms with Crippen LogP contribution >= 0.6 is 0 Å². The molecule has 110 valence electrons. The molecule has 2 heterocycles. The van der Waals surface area contributed by atoms with E-state index >= 15 is 0 Å². The van der Waals surface area contributed by atoms with Crippen molar-refractivity contribution >= 4 is 11.8 Å². The Labute approximate surface area is 120 Å². The number of carbonyl (C=O) groups is 1. The number of anilines is 1.